The van der Waals surface area contributed by atoms with Crippen LogP contribution in [0.4, 0.5) is 16.2 Å². The lowest BCUT2D eigenvalue weighted by Gasteiger charge is -2.26. The highest BCUT2D eigenvalue weighted by Gasteiger charge is 2.23. The van der Waals surface area contributed by atoms with E-state index < -0.39 is 0 Å². The molecule has 1 fully saturated rings. The number of hydrogen-bond donors (Lipinski definition) is 1. The molecular weight excluding hydrogens is 363 g/mol. The minimum absolute atomic E-state index is 0.320. The standard InChI is InChI=1S/C19H17FN6O2/c20-12-3-1-4-13(11-12)26-17(21)15-16(14-5-2-8-28-14)22-19(23-18(15)24-26)25-6-9-27-10-7-25/h1-5,8,11H,6-7,9-10,21H2. The molecule has 4 heterocycles. The molecule has 8 nitrogen and oxygen atoms in total. The van der Waals surface area contributed by atoms with Crippen LogP contribution in [0.15, 0.2) is 47.1 Å². The number of nitrogens with two attached hydrogens (primary N) is 1. The largest absolute Gasteiger partial charge is 0.463 e. The number of furan rings is 1. The minimum atomic E-state index is -0.372. The number of halogens is 1. The van der Waals surface area contributed by atoms with Gasteiger partial charge < -0.3 is 19.8 Å². The molecule has 0 bridgehead atoms. The zero-order valence-electron chi connectivity index (χ0n) is 14.9. The molecule has 0 atom stereocenters. The van der Waals surface area contributed by atoms with E-state index in [0.29, 0.717) is 66.2 Å². The second-order valence-electron chi connectivity index (χ2n) is 6.42. The van der Waals surface area contributed by atoms with E-state index in [1.54, 1.807) is 24.5 Å². The average molecular weight is 380 g/mol. The molecule has 5 rings (SSSR count). The van der Waals surface area contributed by atoms with E-state index in [1.165, 1.54) is 16.8 Å². The summed E-state index contributed by atoms with van der Waals surface area (Å²) in [5, 5.41) is 5.09. The fourth-order valence-corrected chi connectivity index (χ4v) is 3.30. The average Bonchev–Trinajstić information content (AvgIpc) is 3.37. The van der Waals surface area contributed by atoms with Crippen LogP contribution in [0.3, 0.4) is 0 Å². The van der Waals surface area contributed by atoms with E-state index in [2.05, 4.69) is 10.1 Å². The quantitative estimate of drug-likeness (QED) is 0.584. The number of hydrogen-bond acceptors (Lipinski definition) is 7. The smallest absolute Gasteiger partial charge is 0.228 e. The molecular formula is C19H17FN6O2. The molecule has 1 saturated heterocycles. The first kappa shape index (κ1) is 16.7. The highest BCUT2D eigenvalue weighted by atomic mass is 19.1. The van der Waals surface area contributed by atoms with Gasteiger partial charge in [0, 0.05) is 13.1 Å². The summed E-state index contributed by atoms with van der Waals surface area (Å²) in [7, 11) is 0. The Hall–Kier alpha value is -3.46. The van der Waals surface area contributed by atoms with Gasteiger partial charge in [-0.1, -0.05) is 6.07 Å². The summed E-state index contributed by atoms with van der Waals surface area (Å²) in [6.45, 7) is 2.58. The molecule has 2 N–H and O–H groups in total. The molecule has 4 aromatic rings. The molecule has 142 valence electrons. The van der Waals surface area contributed by atoms with Gasteiger partial charge in [0.1, 0.15) is 17.3 Å². The van der Waals surface area contributed by atoms with Crippen molar-refractivity contribution in [2.24, 2.45) is 0 Å². The first-order chi connectivity index (χ1) is 13.7. The summed E-state index contributed by atoms with van der Waals surface area (Å²) >= 11 is 0. The van der Waals surface area contributed by atoms with E-state index in [9.17, 15) is 4.39 Å². The lowest BCUT2D eigenvalue weighted by Crippen LogP contribution is -2.37. The van der Waals surface area contributed by atoms with Crippen LogP contribution < -0.4 is 10.6 Å². The van der Waals surface area contributed by atoms with E-state index in [1.807, 2.05) is 11.0 Å². The molecule has 0 aliphatic carbocycles. The Morgan fingerprint density at radius 2 is 1.93 bits per heavy atom. The van der Waals surface area contributed by atoms with Crippen molar-refractivity contribution in [3.05, 3.63) is 48.5 Å². The molecule has 0 amide bonds. The van der Waals surface area contributed by atoms with Gasteiger partial charge in [0.25, 0.3) is 0 Å². The third-order valence-corrected chi connectivity index (χ3v) is 4.66. The summed E-state index contributed by atoms with van der Waals surface area (Å²) in [5.74, 6) is 1.04. The summed E-state index contributed by atoms with van der Waals surface area (Å²) in [5.41, 5.74) is 7.86. The van der Waals surface area contributed by atoms with Gasteiger partial charge in [0.2, 0.25) is 5.95 Å². The van der Waals surface area contributed by atoms with Crippen LogP contribution in [0.5, 0.6) is 0 Å². The van der Waals surface area contributed by atoms with Crippen LogP contribution in [0.2, 0.25) is 0 Å². The number of nitrogen functional groups attached to an aromatic ring is 1. The molecule has 9 heteroatoms. The summed E-state index contributed by atoms with van der Waals surface area (Å²) in [4.78, 5) is 11.4. The van der Waals surface area contributed by atoms with Crippen molar-refractivity contribution in [1.29, 1.82) is 0 Å². The Labute approximate surface area is 159 Å². The first-order valence-corrected chi connectivity index (χ1v) is 8.89. The fraction of sp³-hybridized carbons (Fsp3) is 0.211. The molecule has 3 aromatic heterocycles. The van der Waals surface area contributed by atoms with Gasteiger partial charge in [-0.2, -0.15) is 4.98 Å². The number of ether oxygens (including phenoxy) is 1. The van der Waals surface area contributed by atoms with Gasteiger partial charge in [-0.05, 0) is 30.3 Å². The van der Waals surface area contributed by atoms with Gasteiger partial charge in [-0.3, -0.25) is 0 Å². The molecule has 1 aromatic carbocycles. The maximum absolute atomic E-state index is 13.7. The first-order valence-electron chi connectivity index (χ1n) is 8.89. The Balaban J connectivity index is 1.74. The van der Waals surface area contributed by atoms with Crippen molar-refractivity contribution in [2.75, 3.05) is 36.9 Å². The van der Waals surface area contributed by atoms with Crippen LogP contribution in [-0.2, 0) is 4.74 Å². The molecule has 1 aliphatic heterocycles. The third-order valence-electron chi connectivity index (χ3n) is 4.66. The van der Waals surface area contributed by atoms with Gasteiger partial charge in [0.05, 0.1) is 30.6 Å². The van der Waals surface area contributed by atoms with Gasteiger partial charge in [0.15, 0.2) is 11.4 Å². The minimum Gasteiger partial charge on any atom is -0.463 e. The maximum atomic E-state index is 13.7. The zero-order valence-corrected chi connectivity index (χ0v) is 14.9. The fourth-order valence-electron chi connectivity index (χ4n) is 3.30. The van der Waals surface area contributed by atoms with Crippen LogP contribution in [-0.4, -0.2) is 46.1 Å². The Bertz CT molecular complexity index is 1140. The maximum Gasteiger partial charge on any atom is 0.228 e. The number of rotatable bonds is 3. The third kappa shape index (κ3) is 2.76. The summed E-state index contributed by atoms with van der Waals surface area (Å²) in [6, 6.07) is 9.66. The second kappa shape index (κ2) is 6.61. The Morgan fingerprint density at radius 1 is 1.07 bits per heavy atom. The lowest BCUT2D eigenvalue weighted by molar-refractivity contribution is 0.122. The number of aromatic nitrogens is 4. The number of morpholine rings is 1. The SMILES string of the molecule is Nc1c2c(-c3ccco3)nc(N3CCOCC3)nc2nn1-c1cccc(F)c1. The van der Waals surface area contributed by atoms with E-state index in [-0.39, 0.29) is 5.82 Å². The number of benzene rings is 1. The van der Waals surface area contributed by atoms with E-state index in [4.69, 9.17) is 19.9 Å². The van der Waals surface area contributed by atoms with Crippen LogP contribution in [0, 0.1) is 5.82 Å². The highest BCUT2D eigenvalue weighted by Crippen LogP contribution is 2.33. The molecule has 0 unspecified atom stereocenters. The highest BCUT2D eigenvalue weighted by molar-refractivity contribution is 5.98. The van der Waals surface area contributed by atoms with Gasteiger partial charge >= 0.3 is 0 Å². The van der Waals surface area contributed by atoms with Gasteiger partial charge in [-0.15, -0.1) is 5.10 Å². The monoisotopic (exact) mass is 380 g/mol. The molecule has 0 saturated carbocycles. The Kier molecular flexibility index (Phi) is 3.94. The normalized spacial score (nSPS) is 14.7. The van der Waals surface area contributed by atoms with E-state index >= 15 is 0 Å². The predicted octanol–water partition coefficient (Wildman–Crippen LogP) is 2.63. The van der Waals surface area contributed by atoms with Crippen molar-refractivity contribution >= 4 is 22.8 Å². The second-order valence-corrected chi connectivity index (χ2v) is 6.42. The van der Waals surface area contributed by atoms with Crippen molar-refractivity contribution in [3.63, 3.8) is 0 Å². The number of fused-ring (bicyclic) bond motifs is 1. The zero-order chi connectivity index (χ0) is 19.1. The summed E-state index contributed by atoms with van der Waals surface area (Å²) < 4.78 is 26.2. The molecule has 28 heavy (non-hydrogen) atoms. The summed E-state index contributed by atoms with van der Waals surface area (Å²) in [6.07, 6.45) is 1.57. The lowest BCUT2D eigenvalue weighted by atomic mass is 10.2. The van der Waals surface area contributed by atoms with Crippen molar-refractivity contribution < 1.29 is 13.5 Å². The van der Waals surface area contributed by atoms with Crippen molar-refractivity contribution in [3.8, 4) is 17.1 Å². The van der Waals surface area contributed by atoms with Crippen LogP contribution in [0.1, 0.15) is 0 Å². The van der Waals surface area contributed by atoms with Gasteiger partial charge in [-0.25, -0.2) is 14.1 Å². The number of anilines is 2. The molecule has 0 spiro atoms. The van der Waals surface area contributed by atoms with Crippen molar-refractivity contribution in [2.45, 2.75) is 0 Å². The molecule has 0 radical (unpaired) electrons. The van der Waals surface area contributed by atoms with E-state index in [0.717, 1.165) is 0 Å². The van der Waals surface area contributed by atoms with Crippen LogP contribution >= 0.6 is 0 Å². The number of nitrogens with zero attached hydrogens (tertiary/aromatic N) is 5. The predicted molar refractivity (Wildman–Crippen MR) is 102 cm³/mol. The van der Waals surface area contributed by atoms with Crippen LogP contribution in [0.25, 0.3) is 28.2 Å². The molecule has 1 aliphatic rings. The topological polar surface area (TPSA) is 95.2 Å². The van der Waals surface area contributed by atoms with Crippen molar-refractivity contribution in [1.82, 2.24) is 19.7 Å². The Morgan fingerprint density at radius 3 is 2.68 bits per heavy atom.